The van der Waals surface area contributed by atoms with Gasteiger partial charge in [-0.15, -0.1) is 0 Å². The number of fused-ring (bicyclic) bond motifs is 1. The zero-order chi connectivity index (χ0) is 25.6. The summed E-state index contributed by atoms with van der Waals surface area (Å²) in [5, 5.41) is 2.88. The van der Waals surface area contributed by atoms with Crippen LogP contribution in [0.5, 0.6) is 0 Å². The fourth-order valence-corrected chi connectivity index (χ4v) is 5.87. The fourth-order valence-electron chi connectivity index (χ4n) is 4.26. The molecule has 0 spiro atoms. The molecule has 0 saturated carbocycles. The summed E-state index contributed by atoms with van der Waals surface area (Å²) in [7, 11) is -3.92. The average Bonchev–Trinajstić information content (AvgIpc) is 3.03. The average molecular weight is 500 g/mol. The largest absolute Gasteiger partial charge is 0.354 e. The van der Waals surface area contributed by atoms with Crippen LogP contribution >= 0.6 is 0 Å². The van der Waals surface area contributed by atoms with Gasteiger partial charge in [0.05, 0.1) is 5.56 Å². The lowest BCUT2D eigenvalue weighted by molar-refractivity contribution is -0.141. The molecule has 0 aliphatic carbocycles. The summed E-state index contributed by atoms with van der Waals surface area (Å²) in [5.74, 6) is -1.04. The summed E-state index contributed by atoms with van der Waals surface area (Å²) in [5.41, 5.74) is 2.11. The van der Waals surface area contributed by atoms with Crippen LogP contribution in [0.3, 0.4) is 0 Å². The molecule has 1 aliphatic heterocycles. The van der Waals surface area contributed by atoms with Crippen LogP contribution in [0.2, 0.25) is 0 Å². The van der Waals surface area contributed by atoms with Crippen LogP contribution in [0.15, 0.2) is 53.4 Å². The first-order valence-corrected chi connectivity index (χ1v) is 13.4. The first kappa shape index (κ1) is 26.4. The molecule has 0 fully saturated rings. The zero-order valence-electron chi connectivity index (χ0n) is 20.5. The van der Waals surface area contributed by atoms with E-state index in [2.05, 4.69) is 5.32 Å². The van der Waals surface area contributed by atoms with Crippen LogP contribution in [0, 0.1) is 6.92 Å². The van der Waals surface area contributed by atoms with E-state index in [1.54, 1.807) is 17.0 Å². The highest BCUT2D eigenvalue weighted by Gasteiger charge is 2.40. The van der Waals surface area contributed by atoms with Crippen LogP contribution in [0.1, 0.15) is 61.0 Å². The second-order valence-corrected chi connectivity index (χ2v) is 10.5. The Morgan fingerprint density at radius 3 is 2.49 bits per heavy atom. The maximum Gasteiger partial charge on any atom is 0.269 e. The third kappa shape index (κ3) is 5.90. The van der Waals surface area contributed by atoms with Crippen LogP contribution in [0.25, 0.3) is 0 Å². The Balaban J connectivity index is 1.74. The van der Waals surface area contributed by atoms with Crippen molar-refractivity contribution in [2.24, 2.45) is 0 Å². The third-order valence-corrected chi connectivity index (χ3v) is 7.87. The van der Waals surface area contributed by atoms with Gasteiger partial charge in [-0.2, -0.15) is 0 Å². The molecule has 2 aromatic carbocycles. The van der Waals surface area contributed by atoms with Crippen molar-refractivity contribution < 1.29 is 22.8 Å². The standard InChI is InChI=1S/C26H33N3O5S/c1-4-15-27-25(31)22(5-2)28(18-20-11-8-10-19(3)17-20)24(30)14-9-16-29-26(32)21-12-6-7-13-23(21)35(29,33)34/h6-8,10-13,17,22H,4-5,9,14-16,18H2,1-3H3,(H,27,31). The fraction of sp³-hybridized carbons (Fsp3) is 0.423. The first-order chi connectivity index (χ1) is 16.7. The van der Waals surface area contributed by atoms with Crippen molar-refractivity contribution in [3.8, 4) is 0 Å². The number of nitrogens with one attached hydrogen (secondary N) is 1. The molecule has 3 rings (SSSR count). The minimum atomic E-state index is -3.92. The molecule has 1 unspecified atom stereocenters. The van der Waals surface area contributed by atoms with Gasteiger partial charge in [-0.05, 0) is 43.9 Å². The Labute approximate surface area is 207 Å². The summed E-state index contributed by atoms with van der Waals surface area (Å²) in [6.07, 6.45) is 1.41. The minimum absolute atomic E-state index is 0.00366. The lowest BCUT2D eigenvalue weighted by Gasteiger charge is -2.31. The molecular weight excluding hydrogens is 466 g/mol. The van der Waals surface area contributed by atoms with Gasteiger partial charge in [-0.3, -0.25) is 14.4 Å². The van der Waals surface area contributed by atoms with E-state index in [9.17, 15) is 22.8 Å². The molecule has 35 heavy (non-hydrogen) atoms. The van der Waals surface area contributed by atoms with Gasteiger partial charge in [0.2, 0.25) is 11.8 Å². The van der Waals surface area contributed by atoms with Crippen molar-refractivity contribution in [3.05, 3.63) is 65.2 Å². The van der Waals surface area contributed by atoms with Gasteiger partial charge in [-0.1, -0.05) is 55.8 Å². The molecule has 8 nitrogen and oxygen atoms in total. The van der Waals surface area contributed by atoms with Gasteiger partial charge in [0, 0.05) is 26.1 Å². The summed E-state index contributed by atoms with van der Waals surface area (Å²) in [4.78, 5) is 40.4. The normalized spacial score (nSPS) is 14.9. The van der Waals surface area contributed by atoms with Gasteiger partial charge >= 0.3 is 0 Å². The van der Waals surface area contributed by atoms with E-state index in [1.165, 1.54) is 12.1 Å². The molecule has 1 atom stereocenters. The number of hydrogen-bond acceptors (Lipinski definition) is 5. The maximum absolute atomic E-state index is 13.3. The molecule has 3 amide bonds. The van der Waals surface area contributed by atoms with Crippen LogP contribution in [0.4, 0.5) is 0 Å². The van der Waals surface area contributed by atoms with Crippen molar-refractivity contribution >= 4 is 27.7 Å². The van der Waals surface area contributed by atoms with Crippen LogP contribution in [-0.2, 0) is 26.2 Å². The highest BCUT2D eigenvalue weighted by Crippen LogP contribution is 2.30. The number of carbonyl (C=O) groups is 3. The molecule has 9 heteroatoms. The Morgan fingerprint density at radius 2 is 1.83 bits per heavy atom. The number of nitrogens with zero attached hydrogens (tertiary/aromatic N) is 2. The number of aryl methyl sites for hydroxylation is 1. The van der Waals surface area contributed by atoms with Crippen LogP contribution < -0.4 is 5.32 Å². The zero-order valence-corrected chi connectivity index (χ0v) is 21.3. The third-order valence-electron chi connectivity index (χ3n) is 6.03. The Hall–Kier alpha value is -3.20. The Bertz CT molecular complexity index is 1190. The molecule has 1 heterocycles. The molecule has 0 radical (unpaired) electrons. The number of benzene rings is 2. The van der Waals surface area contributed by atoms with E-state index in [-0.39, 0.29) is 48.2 Å². The van der Waals surface area contributed by atoms with Gasteiger partial charge < -0.3 is 10.2 Å². The van der Waals surface area contributed by atoms with Crippen LogP contribution in [-0.4, -0.2) is 54.5 Å². The van der Waals surface area contributed by atoms with E-state index in [0.717, 1.165) is 21.9 Å². The van der Waals surface area contributed by atoms with E-state index in [1.807, 2.05) is 45.0 Å². The molecule has 0 bridgehead atoms. The van der Waals surface area contributed by atoms with Crippen molar-refractivity contribution in [1.29, 1.82) is 0 Å². The monoisotopic (exact) mass is 499 g/mol. The number of carbonyl (C=O) groups excluding carboxylic acids is 3. The van der Waals surface area contributed by atoms with Crippen molar-refractivity contribution in [2.75, 3.05) is 13.1 Å². The second kappa shape index (κ2) is 11.5. The minimum Gasteiger partial charge on any atom is -0.354 e. The van der Waals surface area contributed by atoms with Crippen molar-refractivity contribution in [1.82, 2.24) is 14.5 Å². The lowest BCUT2D eigenvalue weighted by Crippen LogP contribution is -2.49. The highest BCUT2D eigenvalue weighted by atomic mass is 32.2. The molecule has 188 valence electrons. The number of amides is 3. The lowest BCUT2D eigenvalue weighted by atomic mass is 10.1. The second-order valence-electron chi connectivity index (χ2n) is 8.71. The van der Waals surface area contributed by atoms with Gasteiger partial charge in [0.25, 0.3) is 15.9 Å². The molecule has 0 saturated heterocycles. The van der Waals surface area contributed by atoms with E-state index in [0.29, 0.717) is 13.0 Å². The molecule has 1 aliphatic rings. The summed E-state index contributed by atoms with van der Waals surface area (Å²) in [6, 6.07) is 13.2. The summed E-state index contributed by atoms with van der Waals surface area (Å²) < 4.78 is 26.4. The quantitative estimate of drug-likeness (QED) is 0.511. The maximum atomic E-state index is 13.3. The van der Waals surface area contributed by atoms with E-state index >= 15 is 0 Å². The topological polar surface area (TPSA) is 104 Å². The molecule has 2 aromatic rings. The number of rotatable bonds is 11. The Kier molecular flexibility index (Phi) is 8.67. The molecule has 0 aromatic heterocycles. The number of sulfonamides is 1. The predicted molar refractivity (Wildman–Crippen MR) is 133 cm³/mol. The van der Waals surface area contributed by atoms with Gasteiger partial charge in [0.15, 0.2) is 0 Å². The summed E-state index contributed by atoms with van der Waals surface area (Å²) in [6.45, 7) is 6.48. The molecule has 1 N–H and O–H groups in total. The van der Waals surface area contributed by atoms with Gasteiger partial charge in [0.1, 0.15) is 10.9 Å². The van der Waals surface area contributed by atoms with E-state index < -0.39 is 22.0 Å². The Morgan fingerprint density at radius 1 is 1.09 bits per heavy atom. The smallest absolute Gasteiger partial charge is 0.269 e. The number of hydrogen-bond donors (Lipinski definition) is 1. The first-order valence-electron chi connectivity index (χ1n) is 12.0. The van der Waals surface area contributed by atoms with Crippen molar-refractivity contribution in [2.45, 2.75) is 63.9 Å². The van der Waals surface area contributed by atoms with E-state index in [4.69, 9.17) is 0 Å². The SMILES string of the molecule is CCCNC(=O)C(CC)N(Cc1cccc(C)c1)C(=O)CCCN1C(=O)c2ccccc2S1(=O)=O. The predicted octanol–water partition coefficient (Wildman–Crippen LogP) is 3.25. The van der Waals surface area contributed by atoms with Gasteiger partial charge in [-0.25, -0.2) is 12.7 Å². The summed E-state index contributed by atoms with van der Waals surface area (Å²) >= 11 is 0. The molecular formula is C26H33N3O5S. The highest BCUT2D eigenvalue weighted by molar-refractivity contribution is 7.90. The van der Waals surface area contributed by atoms with Crippen molar-refractivity contribution in [3.63, 3.8) is 0 Å².